The van der Waals surface area contributed by atoms with Crippen molar-refractivity contribution in [1.29, 1.82) is 0 Å². The lowest BCUT2D eigenvalue weighted by molar-refractivity contribution is -0.139. The van der Waals surface area contributed by atoms with Gasteiger partial charge in [-0.05, 0) is 13.1 Å². The molecule has 2 rings (SSSR count). The van der Waals surface area contributed by atoms with Gasteiger partial charge < -0.3 is 14.7 Å². The molecule has 1 aliphatic rings. The van der Waals surface area contributed by atoms with Crippen LogP contribution in [0.3, 0.4) is 0 Å². The maximum absolute atomic E-state index is 12.7. The number of rotatable bonds is 5. The summed E-state index contributed by atoms with van der Waals surface area (Å²) in [5.74, 6) is -0.684. The summed E-state index contributed by atoms with van der Waals surface area (Å²) < 4.78 is 43.6. The van der Waals surface area contributed by atoms with Crippen molar-refractivity contribution in [3.63, 3.8) is 0 Å². The van der Waals surface area contributed by atoms with Crippen LogP contribution in [0.25, 0.3) is 0 Å². The molecule has 134 valence electrons. The zero-order valence-electron chi connectivity index (χ0n) is 12.9. The molecule has 0 saturated carbocycles. The van der Waals surface area contributed by atoms with Crippen molar-refractivity contribution in [2.75, 3.05) is 44.7 Å². The molecule has 1 aromatic heterocycles. The summed E-state index contributed by atoms with van der Waals surface area (Å²) in [5.41, 5.74) is -0.901. The number of hydrogen-bond donors (Lipinski definition) is 1. The molecule has 1 aliphatic heterocycles. The fraction of sp³-hybridized carbons (Fsp3) is 0.571. The molecule has 6 nitrogen and oxygen atoms in total. The van der Waals surface area contributed by atoms with Gasteiger partial charge in [0.1, 0.15) is 5.82 Å². The minimum absolute atomic E-state index is 0.0793. The Hall–Kier alpha value is -1.58. The highest BCUT2D eigenvalue weighted by Gasteiger charge is 2.32. The molecule has 1 N–H and O–H groups in total. The Kier molecular flexibility index (Phi) is 5.89. The minimum atomic E-state index is -4.50. The zero-order chi connectivity index (χ0) is 17.9. The van der Waals surface area contributed by atoms with Gasteiger partial charge in [0.2, 0.25) is 0 Å². The molecular formula is C14H17ClF3N3O3. The summed E-state index contributed by atoms with van der Waals surface area (Å²) in [7, 11) is 1.65. The van der Waals surface area contributed by atoms with Crippen molar-refractivity contribution in [1.82, 2.24) is 9.88 Å². The largest absolute Gasteiger partial charge is 0.480 e. The highest BCUT2D eigenvalue weighted by molar-refractivity contribution is 6.33. The molecule has 24 heavy (non-hydrogen) atoms. The molecule has 0 amide bonds. The summed E-state index contributed by atoms with van der Waals surface area (Å²) in [6.07, 6.45) is -4.03. The summed E-state index contributed by atoms with van der Waals surface area (Å²) in [6, 6.07) is 0.852. The van der Waals surface area contributed by atoms with Gasteiger partial charge in [-0.15, -0.1) is 0 Å². The average molecular weight is 368 g/mol. The first kappa shape index (κ1) is 18.8. The molecule has 1 atom stereocenters. The van der Waals surface area contributed by atoms with E-state index in [2.05, 4.69) is 4.98 Å². The second-order valence-electron chi connectivity index (χ2n) is 5.56. The topological polar surface area (TPSA) is 65.9 Å². The van der Waals surface area contributed by atoms with Gasteiger partial charge in [-0.3, -0.25) is 9.69 Å². The lowest BCUT2D eigenvalue weighted by atomic mass is 10.2. The number of aromatic nitrogens is 1. The standard InChI is InChI=1S/C14H17ClF3N3O3/c1-20(8-12(22)23)6-10-7-21(2-3-24-10)13-11(15)4-9(5-19-13)14(16,17)18/h4-5,10H,2-3,6-8H2,1H3,(H,22,23). The summed E-state index contributed by atoms with van der Waals surface area (Å²) in [4.78, 5) is 17.9. The lowest BCUT2D eigenvalue weighted by Gasteiger charge is -2.35. The fourth-order valence-corrected chi connectivity index (χ4v) is 2.77. The Labute approximate surface area is 141 Å². The number of carboxylic acid groups (broad SMARTS) is 1. The third-order valence-electron chi connectivity index (χ3n) is 3.51. The van der Waals surface area contributed by atoms with E-state index in [1.54, 1.807) is 16.8 Å². The summed E-state index contributed by atoms with van der Waals surface area (Å²) >= 11 is 5.96. The van der Waals surface area contributed by atoms with E-state index < -0.39 is 17.7 Å². The SMILES string of the molecule is CN(CC(=O)O)CC1CN(c2ncc(C(F)(F)F)cc2Cl)CCO1. The van der Waals surface area contributed by atoms with Crippen LogP contribution in [0.2, 0.25) is 5.02 Å². The van der Waals surface area contributed by atoms with E-state index in [1.165, 1.54) is 0 Å². The number of alkyl halides is 3. The monoisotopic (exact) mass is 367 g/mol. The van der Waals surface area contributed by atoms with Crippen LogP contribution in [-0.2, 0) is 15.7 Å². The van der Waals surface area contributed by atoms with E-state index in [-0.39, 0.29) is 23.5 Å². The Bertz CT molecular complexity index is 600. The number of nitrogens with zero attached hydrogens (tertiary/aromatic N) is 3. The molecule has 0 spiro atoms. The zero-order valence-corrected chi connectivity index (χ0v) is 13.6. The maximum atomic E-state index is 12.7. The third-order valence-corrected chi connectivity index (χ3v) is 3.79. The van der Waals surface area contributed by atoms with Crippen molar-refractivity contribution < 1.29 is 27.8 Å². The molecule has 1 saturated heterocycles. The minimum Gasteiger partial charge on any atom is -0.480 e. The van der Waals surface area contributed by atoms with Crippen LogP contribution < -0.4 is 4.90 Å². The Morgan fingerprint density at radius 1 is 1.58 bits per heavy atom. The second kappa shape index (κ2) is 7.54. The number of hydrogen-bond acceptors (Lipinski definition) is 5. The van der Waals surface area contributed by atoms with E-state index in [1.807, 2.05) is 0 Å². The maximum Gasteiger partial charge on any atom is 0.417 e. The van der Waals surface area contributed by atoms with Gasteiger partial charge >= 0.3 is 12.1 Å². The lowest BCUT2D eigenvalue weighted by Crippen LogP contribution is -2.48. The van der Waals surface area contributed by atoms with Gasteiger partial charge in [0.05, 0.1) is 29.8 Å². The van der Waals surface area contributed by atoms with Crippen molar-refractivity contribution in [3.05, 3.63) is 22.8 Å². The van der Waals surface area contributed by atoms with Crippen LogP contribution in [0.1, 0.15) is 5.56 Å². The third kappa shape index (κ3) is 4.96. The van der Waals surface area contributed by atoms with Crippen LogP contribution in [-0.4, -0.2) is 66.9 Å². The number of anilines is 1. The fourth-order valence-electron chi connectivity index (χ4n) is 2.48. The molecule has 10 heteroatoms. The van der Waals surface area contributed by atoms with Crippen LogP contribution in [0.4, 0.5) is 19.0 Å². The van der Waals surface area contributed by atoms with Crippen molar-refractivity contribution >= 4 is 23.4 Å². The normalized spacial score (nSPS) is 18.9. The van der Waals surface area contributed by atoms with Crippen LogP contribution in [0.5, 0.6) is 0 Å². The molecule has 0 radical (unpaired) electrons. The molecular weight excluding hydrogens is 351 g/mol. The predicted molar refractivity (Wildman–Crippen MR) is 81.3 cm³/mol. The molecule has 1 aromatic rings. The average Bonchev–Trinajstić information content (AvgIpc) is 2.45. The molecule has 2 heterocycles. The molecule has 1 fully saturated rings. The van der Waals surface area contributed by atoms with Crippen LogP contribution in [0, 0.1) is 0 Å². The number of pyridine rings is 1. The van der Waals surface area contributed by atoms with E-state index in [0.717, 1.165) is 12.3 Å². The van der Waals surface area contributed by atoms with Crippen LogP contribution >= 0.6 is 11.6 Å². The molecule has 0 aromatic carbocycles. The quantitative estimate of drug-likeness (QED) is 0.858. The van der Waals surface area contributed by atoms with E-state index >= 15 is 0 Å². The van der Waals surface area contributed by atoms with Gasteiger partial charge in [-0.25, -0.2) is 4.98 Å². The van der Waals surface area contributed by atoms with Gasteiger partial charge in [-0.1, -0.05) is 11.6 Å². The first-order valence-corrected chi connectivity index (χ1v) is 7.54. The summed E-state index contributed by atoms with van der Waals surface area (Å²) in [5, 5.41) is 8.68. The number of likely N-dealkylation sites (N-methyl/N-ethyl adjacent to an activating group) is 1. The summed E-state index contributed by atoms with van der Waals surface area (Å²) in [6.45, 7) is 1.41. The van der Waals surface area contributed by atoms with Gasteiger partial charge in [0.25, 0.3) is 0 Å². The Balaban J connectivity index is 2.05. The number of aliphatic carboxylic acids is 1. The number of morpholine rings is 1. The Morgan fingerprint density at radius 3 is 2.88 bits per heavy atom. The van der Waals surface area contributed by atoms with Crippen molar-refractivity contribution in [3.8, 4) is 0 Å². The number of carboxylic acids is 1. The molecule has 0 bridgehead atoms. The van der Waals surface area contributed by atoms with Gasteiger partial charge in [-0.2, -0.15) is 13.2 Å². The van der Waals surface area contributed by atoms with Gasteiger partial charge in [0.15, 0.2) is 0 Å². The van der Waals surface area contributed by atoms with E-state index in [4.69, 9.17) is 21.4 Å². The highest BCUT2D eigenvalue weighted by Crippen LogP contribution is 2.33. The van der Waals surface area contributed by atoms with Crippen molar-refractivity contribution in [2.45, 2.75) is 12.3 Å². The predicted octanol–water partition coefficient (Wildman–Crippen LogP) is 1.98. The number of ether oxygens (including phenoxy) is 1. The smallest absolute Gasteiger partial charge is 0.417 e. The number of halogens is 4. The van der Waals surface area contributed by atoms with E-state index in [9.17, 15) is 18.0 Å². The molecule has 1 unspecified atom stereocenters. The van der Waals surface area contributed by atoms with E-state index in [0.29, 0.717) is 26.2 Å². The Morgan fingerprint density at radius 2 is 2.29 bits per heavy atom. The van der Waals surface area contributed by atoms with Gasteiger partial charge in [0, 0.05) is 25.8 Å². The second-order valence-corrected chi connectivity index (χ2v) is 5.96. The van der Waals surface area contributed by atoms with Crippen LogP contribution in [0.15, 0.2) is 12.3 Å². The molecule has 0 aliphatic carbocycles. The first-order chi connectivity index (χ1) is 11.2. The van der Waals surface area contributed by atoms with Crippen molar-refractivity contribution in [2.24, 2.45) is 0 Å². The highest BCUT2D eigenvalue weighted by atomic mass is 35.5. The first-order valence-electron chi connectivity index (χ1n) is 7.16. The number of carbonyl (C=O) groups is 1.